The van der Waals surface area contributed by atoms with Crippen LogP contribution in [-0.4, -0.2) is 33.1 Å². The lowest BCUT2D eigenvalue weighted by Gasteiger charge is -2.12. The molecule has 0 unspecified atom stereocenters. The van der Waals surface area contributed by atoms with Crippen LogP contribution >= 0.6 is 12.2 Å². The van der Waals surface area contributed by atoms with Crippen LogP contribution in [0.15, 0.2) is 60.7 Å². The lowest BCUT2D eigenvalue weighted by atomic mass is 10.2. The molecule has 1 aromatic heterocycles. The van der Waals surface area contributed by atoms with Gasteiger partial charge in [0.05, 0.1) is 12.8 Å². The summed E-state index contributed by atoms with van der Waals surface area (Å²) >= 11 is 5.34. The summed E-state index contributed by atoms with van der Waals surface area (Å²) < 4.78 is 5.11. The van der Waals surface area contributed by atoms with E-state index in [-0.39, 0.29) is 11.0 Å². The second kappa shape index (κ2) is 9.15. The number of rotatable bonds is 5. The maximum absolute atomic E-state index is 12.4. The van der Waals surface area contributed by atoms with E-state index in [9.17, 15) is 4.79 Å². The Hall–Kier alpha value is -3.78. The molecule has 0 saturated heterocycles. The third kappa shape index (κ3) is 4.60. The molecular weight excluding hydrogens is 422 g/mol. The van der Waals surface area contributed by atoms with Crippen molar-refractivity contribution in [2.45, 2.75) is 20.3 Å². The third-order valence-electron chi connectivity index (χ3n) is 5.13. The molecule has 1 amide bonds. The molecule has 1 heterocycles. The molecule has 32 heavy (non-hydrogen) atoms. The van der Waals surface area contributed by atoms with Crippen molar-refractivity contribution < 1.29 is 9.53 Å². The molecule has 0 bridgehead atoms. The molecule has 7 nitrogen and oxygen atoms in total. The topological polar surface area (TPSA) is 81.1 Å². The fourth-order valence-corrected chi connectivity index (χ4v) is 3.46. The number of amides is 1. The molecule has 0 aliphatic carbocycles. The summed E-state index contributed by atoms with van der Waals surface area (Å²) in [6, 6.07) is 18.8. The van der Waals surface area contributed by atoms with Crippen molar-refractivity contribution in [1.82, 2.24) is 20.3 Å². The predicted octanol–water partition coefficient (Wildman–Crippen LogP) is 4.43. The van der Waals surface area contributed by atoms with Crippen LogP contribution in [0.1, 0.15) is 28.4 Å². The Morgan fingerprint density at radius 3 is 2.31 bits per heavy atom. The first kappa shape index (κ1) is 21.5. The van der Waals surface area contributed by atoms with E-state index in [1.807, 2.05) is 31.2 Å². The van der Waals surface area contributed by atoms with Crippen molar-refractivity contribution in [3.63, 3.8) is 0 Å². The van der Waals surface area contributed by atoms with Crippen molar-refractivity contribution in [3.05, 3.63) is 77.4 Å². The van der Waals surface area contributed by atoms with E-state index in [0.29, 0.717) is 11.3 Å². The molecule has 4 rings (SSSR count). The maximum Gasteiger partial charge on any atom is 0.257 e. The Balaban J connectivity index is 1.50. The minimum absolute atomic E-state index is 0.204. The number of hydrogen-bond acceptors (Lipinski definition) is 5. The van der Waals surface area contributed by atoms with Gasteiger partial charge >= 0.3 is 0 Å². The minimum atomic E-state index is -0.301. The molecule has 0 aliphatic heterocycles. The van der Waals surface area contributed by atoms with Crippen LogP contribution in [0.2, 0.25) is 0 Å². The molecular formula is C24H23N5O2S. The molecule has 0 spiro atoms. The average molecular weight is 446 g/mol. The van der Waals surface area contributed by atoms with Gasteiger partial charge in [0.1, 0.15) is 16.8 Å². The van der Waals surface area contributed by atoms with Gasteiger partial charge in [-0.2, -0.15) is 4.80 Å². The number of hydrogen-bond donors (Lipinski definition) is 2. The van der Waals surface area contributed by atoms with Crippen molar-refractivity contribution in [2.24, 2.45) is 0 Å². The Labute approximate surface area is 191 Å². The summed E-state index contributed by atoms with van der Waals surface area (Å²) in [5.41, 5.74) is 5.84. The summed E-state index contributed by atoms with van der Waals surface area (Å²) in [6.07, 6.45) is 0.984. The molecule has 4 aromatic rings. The number of nitrogens with one attached hydrogen (secondary N) is 2. The first-order chi connectivity index (χ1) is 15.5. The fraction of sp³-hybridized carbons (Fsp3) is 0.167. The average Bonchev–Trinajstić information content (AvgIpc) is 3.22. The molecule has 8 heteroatoms. The van der Waals surface area contributed by atoms with Gasteiger partial charge in [0.2, 0.25) is 0 Å². The van der Waals surface area contributed by atoms with E-state index < -0.39 is 0 Å². The first-order valence-electron chi connectivity index (χ1n) is 10.2. The van der Waals surface area contributed by atoms with Gasteiger partial charge < -0.3 is 10.1 Å². The Morgan fingerprint density at radius 2 is 1.69 bits per heavy atom. The van der Waals surface area contributed by atoms with E-state index in [1.165, 1.54) is 5.56 Å². The summed E-state index contributed by atoms with van der Waals surface area (Å²) in [5.74, 6) is 0.380. The molecule has 0 saturated carbocycles. The number of anilines is 1. The van der Waals surface area contributed by atoms with Crippen LogP contribution in [0.5, 0.6) is 5.75 Å². The van der Waals surface area contributed by atoms with E-state index in [0.717, 1.165) is 34.4 Å². The van der Waals surface area contributed by atoms with E-state index >= 15 is 0 Å². The predicted molar refractivity (Wildman–Crippen MR) is 130 cm³/mol. The quantitative estimate of drug-likeness (QED) is 0.443. The number of fused-ring (bicyclic) bond motifs is 1. The smallest absolute Gasteiger partial charge is 0.257 e. The SMILES string of the molecule is CCc1ccc(-n2nc3cc(C)c(NC(=S)NC(=O)c4ccc(OC)cc4)cc3n2)cc1. The van der Waals surface area contributed by atoms with Crippen LogP contribution in [0.3, 0.4) is 0 Å². The van der Waals surface area contributed by atoms with Crippen LogP contribution in [0.25, 0.3) is 16.7 Å². The van der Waals surface area contributed by atoms with E-state index in [4.69, 9.17) is 17.0 Å². The largest absolute Gasteiger partial charge is 0.497 e. The normalized spacial score (nSPS) is 10.7. The van der Waals surface area contributed by atoms with Crippen LogP contribution in [0, 0.1) is 6.92 Å². The summed E-state index contributed by atoms with van der Waals surface area (Å²) in [5, 5.41) is 15.2. The number of nitrogens with zero attached hydrogens (tertiary/aromatic N) is 3. The lowest BCUT2D eigenvalue weighted by molar-refractivity contribution is 0.0977. The molecule has 0 atom stereocenters. The van der Waals surface area contributed by atoms with Gasteiger partial charge in [0.25, 0.3) is 5.91 Å². The number of methoxy groups -OCH3 is 1. The number of benzene rings is 3. The highest BCUT2D eigenvalue weighted by molar-refractivity contribution is 7.80. The van der Waals surface area contributed by atoms with Gasteiger partial charge in [-0.05, 0) is 85.2 Å². The monoisotopic (exact) mass is 445 g/mol. The number of aryl methyl sites for hydroxylation is 2. The van der Waals surface area contributed by atoms with Crippen molar-refractivity contribution >= 4 is 40.0 Å². The third-order valence-corrected chi connectivity index (χ3v) is 5.33. The van der Waals surface area contributed by atoms with Crippen molar-refractivity contribution in [1.29, 1.82) is 0 Å². The van der Waals surface area contributed by atoms with Gasteiger partial charge in [0.15, 0.2) is 5.11 Å². The Kier molecular flexibility index (Phi) is 6.13. The van der Waals surface area contributed by atoms with Crippen molar-refractivity contribution in [3.8, 4) is 11.4 Å². The number of ether oxygens (including phenoxy) is 1. The van der Waals surface area contributed by atoms with Gasteiger partial charge in [-0.25, -0.2) is 0 Å². The highest BCUT2D eigenvalue weighted by Gasteiger charge is 2.12. The molecule has 162 valence electrons. The van der Waals surface area contributed by atoms with Gasteiger partial charge in [-0.1, -0.05) is 19.1 Å². The standard InChI is InChI=1S/C24H23N5O2S/c1-4-16-5-9-18(10-6-16)29-27-21-13-15(2)20(14-22(21)28-29)25-24(32)26-23(30)17-7-11-19(31-3)12-8-17/h5-14H,4H2,1-3H3,(H2,25,26,30,32). The summed E-state index contributed by atoms with van der Waals surface area (Å²) in [4.78, 5) is 14.1. The maximum atomic E-state index is 12.4. The number of aromatic nitrogens is 3. The van der Waals surface area contributed by atoms with Gasteiger partial charge in [-0.15, -0.1) is 10.2 Å². The lowest BCUT2D eigenvalue weighted by Crippen LogP contribution is -2.34. The molecule has 0 fully saturated rings. The zero-order chi connectivity index (χ0) is 22.7. The highest BCUT2D eigenvalue weighted by atomic mass is 32.1. The zero-order valence-electron chi connectivity index (χ0n) is 18.0. The minimum Gasteiger partial charge on any atom is -0.497 e. The molecule has 0 aliphatic rings. The second-order valence-corrected chi connectivity index (χ2v) is 7.71. The van der Waals surface area contributed by atoms with Crippen LogP contribution in [0.4, 0.5) is 5.69 Å². The number of carbonyl (C=O) groups is 1. The van der Waals surface area contributed by atoms with E-state index in [1.54, 1.807) is 36.2 Å². The zero-order valence-corrected chi connectivity index (χ0v) is 18.9. The van der Waals surface area contributed by atoms with Gasteiger partial charge in [0, 0.05) is 11.3 Å². The highest BCUT2D eigenvalue weighted by Crippen LogP contribution is 2.22. The summed E-state index contributed by atoms with van der Waals surface area (Å²) in [7, 11) is 1.58. The first-order valence-corrected chi connectivity index (χ1v) is 10.6. The number of carbonyl (C=O) groups excluding carboxylic acids is 1. The molecule has 3 aromatic carbocycles. The van der Waals surface area contributed by atoms with E-state index in [2.05, 4.69) is 39.9 Å². The van der Waals surface area contributed by atoms with Gasteiger partial charge in [-0.3, -0.25) is 10.1 Å². The molecule has 0 radical (unpaired) electrons. The Morgan fingerprint density at radius 1 is 1.03 bits per heavy atom. The van der Waals surface area contributed by atoms with Crippen LogP contribution < -0.4 is 15.4 Å². The Bertz CT molecular complexity index is 1280. The van der Waals surface area contributed by atoms with Crippen LogP contribution in [-0.2, 0) is 6.42 Å². The fourth-order valence-electron chi connectivity index (χ4n) is 3.25. The summed E-state index contributed by atoms with van der Waals surface area (Å²) in [6.45, 7) is 4.07. The molecule has 2 N–H and O–H groups in total. The van der Waals surface area contributed by atoms with Crippen molar-refractivity contribution in [2.75, 3.05) is 12.4 Å². The second-order valence-electron chi connectivity index (χ2n) is 7.30. The number of thiocarbonyl (C=S) groups is 1.